The number of hydrogen-bond acceptors (Lipinski definition) is 4. The molecule has 0 radical (unpaired) electrons. The number of aromatic nitrogens is 2. The van der Waals surface area contributed by atoms with E-state index in [9.17, 15) is 0 Å². The lowest BCUT2D eigenvalue weighted by molar-refractivity contribution is 0.349. The second kappa shape index (κ2) is 6.66. The Morgan fingerprint density at radius 2 is 1.90 bits per heavy atom. The first-order valence-electron chi connectivity index (χ1n) is 7.18. The standard InChI is InChI=1S/C16H23N3O/c1-11-7-12(2)9-14(8-11)10-15-18-16(20-19-15)13(3)5-4-6-17/h7-9,13H,4-6,10,17H2,1-3H3. The zero-order valence-electron chi connectivity index (χ0n) is 12.5. The summed E-state index contributed by atoms with van der Waals surface area (Å²) in [4.78, 5) is 4.50. The van der Waals surface area contributed by atoms with Crippen molar-refractivity contribution in [2.45, 2.75) is 46.0 Å². The van der Waals surface area contributed by atoms with Gasteiger partial charge in [-0.1, -0.05) is 41.4 Å². The molecule has 0 saturated heterocycles. The summed E-state index contributed by atoms with van der Waals surface area (Å²) in [5.41, 5.74) is 9.28. The summed E-state index contributed by atoms with van der Waals surface area (Å²) < 4.78 is 5.35. The molecule has 0 aliphatic carbocycles. The van der Waals surface area contributed by atoms with Gasteiger partial charge in [-0.25, -0.2) is 0 Å². The lowest BCUT2D eigenvalue weighted by Crippen LogP contribution is -2.02. The van der Waals surface area contributed by atoms with Gasteiger partial charge in [0.05, 0.1) is 0 Å². The number of rotatable bonds is 6. The molecule has 1 atom stereocenters. The smallest absolute Gasteiger partial charge is 0.229 e. The van der Waals surface area contributed by atoms with Gasteiger partial charge in [-0.2, -0.15) is 4.98 Å². The first kappa shape index (κ1) is 14.7. The van der Waals surface area contributed by atoms with E-state index in [1.54, 1.807) is 0 Å². The van der Waals surface area contributed by atoms with Crippen LogP contribution in [0.3, 0.4) is 0 Å². The molecule has 0 fully saturated rings. The van der Waals surface area contributed by atoms with E-state index in [2.05, 4.69) is 49.1 Å². The monoisotopic (exact) mass is 273 g/mol. The molecule has 0 bridgehead atoms. The average Bonchev–Trinajstić information content (AvgIpc) is 2.83. The Balaban J connectivity index is 2.05. The van der Waals surface area contributed by atoms with Gasteiger partial charge < -0.3 is 10.3 Å². The summed E-state index contributed by atoms with van der Waals surface area (Å²) in [6.07, 6.45) is 2.69. The van der Waals surface area contributed by atoms with Gasteiger partial charge >= 0.3 is 0 Å². The van der Waals surface area contributed by atoms with Gasteiger partial charge in [-0.15, -0.1) is 0 Å². The lowest BCUT2D eigenvalue weighted by atomic mass is 10.0. The van der Waals surface area contributed by atoms with Crippen LogP contribution in [-0.4, -0.2) is 16.7 Å². The number of aryl methyl sites for hydroxylation is 2. The van der Waals surface area contributed by atoms with Crippen LogP contribution in [0, 0.1) is 13.8 Å². The molecular weight excluding hydrogens is 250 g/mol. The maximum atomic E-state index is 5.52. The van der Waals surface area contributed by atoms with Crippen LogP contribution < -0.4 is 5.73 Å². The quantitative estimate of drug-likeness (QED) is 0.878. The van der Waals surface area contributed by atoms with E-state index in [1.807, 2.05) is 0 Å². The van der Waals surface area contributed by atoms with Gasteiger partial charge in [0.1, 0.15) is 0 Å². The third kappa shape index (κ3) is 3.90. The molecule has 4 heteroatoms. The lowest BCUT2D eigenvalue weighted by Gasteiger charge is -2.03. The van der Waals surface area contributed by atoms with Crippen LogP contribution in [0.2, 0.25) is 0 Å². The molecule has 1 aromatic heterocycles. The molecule has 4 nitrogen and oxygen atoms in total. The summed E-state index contributed by atoms with van der Waals surface area (Å²) in [5, 5.41) is 4.08. The van der Waals surface area contributed by atoms with Gasteiger partial charge in [0, 0.05) is 12.3 Å². The first-order valence-corrected chi connectivity index (χ1v) is 7.18. The summed E-state index contributed by atoms with van der Waals surface area (Å²) >= 11 is 0. The first-order chi connectivity index (χ1) is 9.58. The third-order valence-corrected chi connectivity index (χ3v) is 3.39. The predicted molar refractivity (Wildman–Crippen MR) is 79.7 cm³/mol. The van der Waals surface area contributed by atoms with E-state index < -0.39 is 0 Å². The maximum absolute atomic E-state index is 5.52. The number of benzene rings is 1. The second-order valence-electron chi connectivity index (χ2n) is 5.55. The van der Waals surface area contributed by atoms with Crippen molar-refractivity contribution in [3.05, 3.63) is 46.6 Å². The average molecular weight is 273 g/mol. The van der Waals surface area contributed by atoms with Gasteiger partial charge in [-0.3, -0.25) is 0 Å². The zero-order chi connectivity index (χ0) is 14.5. The van der Waals surface area contributed by atoms with Crippen LogP contribution >= 0.6 is 0 Å². The highest BCUT2D eigenvalue weighted by Gasteiger charge is 2.14. The summed E-state index contributed by atoms with van der Waals surface area (Å²) in [6.45, 7) is 7.01. The minimum Gasteiger partial charge on any atom is -0.339 e. The molecule has 1 aromatic carbocycles. The van der Waals surface area contributed by atoms with Crippen LogP contribution in [0.1, 0.15) is 54.1 Å². The van der Waals surface area contributed by atoms with Gasteiger partial charge in [0.15, 0.2) is 5.82 Å². The molecule has 0 saturated carbocycles. The topological polar surface area (TPSA) is 64.9 Å². The number of nitrogens with zero attached hydrogens (tertiary/aromatic N) is 2. The normalized spacial score (nSPS) is 12.6. The molecular formula is C16H23N3O. The van der Waals surface area contributed by atoms with E-state index in [0.29, 0.717) is 6.54 Å². The number of hydrogen-bond donors (Lipinski definition) is 1. The Labute approximate surface area is 120 Å². The molecule has 108 valence electrons. The molecule has 20 heavy (non-hydrogen) atoms. The fourth-order valence-corrected chi connectivity index (χ4v) is 2.44. The number of nitrogens with two attached hydrogens (primary N) is 1. The SMILES string of the molecule is Cc1cc(C)cc(Cc2noc(C(C)CCCN)n2)c1. The second-order valence-corrected chi connectivity index (χ2v) is 5.55. The zero-order valence-corrected chi connectivity index (χ0v) is 12.5. The molecule has 0 aliphatic rings. The minimum absolute atomic E-state index is 0.277. The molecule has 0 aliphatic heterocycles. The van der Waals surface area contributed by atoms with Crippen molar-refractivity contribution in [2.24, 2.45) is 5.73 Å². The Morgan fingerprint density at radius 1 is 1.20 bits per heavy atom. The Hall–Kier alpha value is -1.68. The van der Waals surface area contributed by atoms with Crippen molar-refractivity contribution in [3.8, 4) is 0 Å². The van der Waals surface area contributed by atoms with Crippen molar-refractivity contribution < 1.29 is 4.52 Å². The van der Waals surface area contributed by atoms with E-state index in [0.717, 1.165) is 31.0 Å². The Bertz CT molecular complexity index is 542. The summed E-state index contributed by atoms with van der Waals surface area (Å²) in [7, 11) is 0. The van der Waals surface area contributed by atoms with E-state index in [1.165, 1.54) is 16.7 Å². The van der Waals surface area contributed by atoms with Crippen molar-refractivity contribution in [1.29, 1.82) is 0 Å². The highest BCUT2D eigenvalue weighted by atomic mass is 16.5. The Kier molecular flexibility index (Phi) is 4.90. The highest BCUT2D eigenvalue weighted by molar-refractivity contribution is 5.30. The predicted octanol–water partition coefficient (Wildman–Crippen LogP) is 3.12. The van der Waals surface area contributed by atoms with Crippen LogP contribution in [0.15, 0.2) is 22.7 Å². The molecule has 1 heterocycles. The largest absolute Gasteiger partial charge is 0.339 e. The van der Waals surface area contributed by atoms with Crippen molar-refractivity contribution in [1.82, 2.24) is 10.1 Å². The van der Waals surface area contributed by atoms with Crippen molar-refractivity contribution in [3.63, 3.8) is 0 Å². The maximum Gasteiger partial charge on any atom is 0.229 e. The molecule has 1 unspecified atom stereocenters. The van der Waals surface area contributed by atoms with E-state index >= 15 is 0 Å². The minimum atomic E-state index is 0.277. The van der Waals surface area contributed by atoms with Crippen LogP contribution in [0.25, 0.3) is 0 Å². The highest BCUT2D eigenvalue weighted by Crippen LogP contribution is 2.19. The van der Waals surface area contributed by atoms with Gasteiger partial charge in [0.25, 0.3) is 0 Å². The molecule has 0 spiro atoms. The summed E-state index contributed by atoms with van der Waals surface area (Å²) in [6, 6.07) is 6.50. The van der Waals surface area contributed by atoms with Crippen LogP contribution in [-0.2, 0) is 6.42 Å². The van der Waals surface area contributed by atoms with E-state index in [4.69, 9.17) is 10.3 Å². The Morgan fingerprint density at radius 3 is 2.55 bits per heavy atom. The fourth-order valence-electron chi connectivity index (χ4n) is 2.44. The fraction of sp³-hybridized carbons (Fsp3) is 0.500. The third-order valence-electron chi connectivity index (χ3n) is 3.39. The van der Waals surface area contributed by atoms with Crippen LogP contribution in [0.4, 0.5) is 0 Å². The molecule has 2 rings (SSSR count). The van der Waals surface area contributed by atoms with Crippen LogP contribution in [0.5, 0.6) is 0 Å². The molecule has 0 amide bonds. The van der Waals surface area contributed by atoms with Crippen molar-refractivity contribution >= 4 is 0 Å². The molecule has 2 N–H and O–H groups in total. The molecule has 2 aromatic rings. The van der Waals surface area contributed by atoms with Crippen molar-refractivity contribution in [2.75, 3.05) is 6.54 Å². The van der Waals surface area contributed by atoms with Gasteiger partial charge in [0.2, 0.25) is 5.89 Å². The van der Waals surface area contributed by atoms with Gasteiger partial charge in [-0.05, 0) is 38.8 Å². The van der Waals surface area contributed by atoms with E-state index in [-0.39, 0.29) is 5.92 Å². The summed E-state index contributed by atoms with van der Waals surface area (Å²) in [5.74, 6) is 1.75.